The monoisotopic (exact) mass is 447 g/mol. The van der Waals surface area contributed by atoms with Crippen molar-refractivity contribution in [3.05, 3.63) is 59.0 Å². The molecule has 0 fully saturated rings. The molecular weight excluding hydrogens is 418 g/mol. The van der Waals surface area contributed by atoms with Gasteiger partial charge in [-0.25, -0.2) is 9.78 Å². The molecule has 0 spiro atoms. The zero-order chi connectivity index (χ0) is 23.9. The van der Waals surface area contributed by atoms with Gasteiger partial charge in [-0.2, -0.15) is 0 Å². The van der Waals surface area contributed by atoms with Crippen molar-refractivity contribution in [2.45, 2.75) is 52.6 Å². The topological polar surface area (TPSA) is 86.2 Å². The number of methoxy groups -OCH3 is 1. The zero-order valence-corrected chi connectivity index (χ0v) is 19.9. The fourth-order valence-corrected chi connectivity index (χ4v) is 4.29. The molecule has 0 bridgehead atoms. The van der Waals surface area contributed by atoms with Crippen molar-refractivity contribution < 1.29 is 19.1 Å². The predicted octanol–water partition coefficient (Wildman–Crippen LogP) is 5.65. The number of aldehydes is 1. The fourth-order valence-electron chi connectivity index (χ4n) is 4.29. The van der Waals surface area contributed by atoms with Gasteiger partial charge in [0.1, 0.15) is 23.5 Å². The molecule has 0 saturated carbocycles. The molecule has 1 atom stereocenters. The molecule has 2 aromatic heterocycles. The van der Waals surface area contributed by atoms with E-state index < -0.39 is 11.7 Å². The number of imidazole rings is 1. The van der Waals surface area contributed by atoms with Crippen LogP contribution in [0.3, 0.4) is 0 Å². The molecular formula is C26H29N3O4. The van der Waals surface area contributed by atoms with Gasteiger partial charge in [-0.15, -0.1) is 0 Å². The van der Waals surface area contributed by atoms with Crippen molar-refractivity contribution in [1.29, 1.82) is 0 Å². The largest absolute Gasteiger partial charge is 0.496 e. The van der Waals surface area contributed by atoms with Gasteiger partial charge in [-0.1, -0.05) is 6.07 Å². The molecule has 0 aliphatic heterocycles. The van der Waals surface area contributed by atoms with Gasteiger partial charge >= 0.3 is 6.09 Å². The predicted molar refractivity (Wildman–Crippen MR) is 128 cm³/mol. The maximum atomic E-state index is 12.9. The Morgan fingerprint density at radius 1 is 1.21 bits per heavy atom. The van der Waals surface area contributed by atoms with Crippen LogP contribution in [0.2, 0.25) is 0 Å². The Hall–Kier alpha value is -3.61. The number of nitrogens with one attached hydrogen (secondary N) is 1. The number of aryl methyl sites for hydroxylation is 2. The van der Waals surface area contributed by atoms with E-state index in [1.54, 1.807) is 13.3 Å². The normalized spacial score (nSPS) is 12.8. The minimum atomic E-state index is -0.622. The third kappa shape index (κ3) is 4.23. The number of aromatic nitrogens is 3. The van der Waals surface area contributed by atoms with Crippen molar-refractivity contribution >= 4 is 34.3 Å². The van der Waals surface area contributed by atoms with E-state index in [1.807, 2.05) is 65.0 Å². The summed E-state index contributed by atoms with van der Waals surface area (Å²) >= 11 is 0. The summed E-state index contributed by atoms with van der Waals surface area (Å²) in [6.07, 6.45) is 2.35. The molecule has 7 heteroatoms. The van der Waals surface area contributed by atoms with Crippen LogP contribution < -0.4 is 4.74 Å². The van der Waals surface area contributed by atoms with Gasteiger partial charge in [-0.05, 0) is 70.0 Å². The van der Waals surface area contributed by atoms with Crippen LogP contribution >= 0.6 is 0 Å². The Bertz CT molecular complexity index is 1360. The molecule has 0 saturated heterocycles. The van der Waals surface area contributed by atoms with E-state index in [2.05, 4.69) is 4.98 Å². The quantitative estimate of drug-likeness (QED) is 0.400. The average Bonchev–Trinajstić information content (AvgIpc) is 3.35. The molecule has 4 aromatic rings. The number of aromatic amines is 1. The smallest absolute Gasteiger partial charge is 0.419 e. The Morgan fingerprint density at radius 3 is 2.64 bits per heavy atom. The van der Waals surface area contributed by atoms with Gasteiger partial charge in [0, 0.05) is 23.6 Å². The summed E-state index contributed by atoms with van der Waals surface area (Å²) in [5.74, 6) is 0.948. The first-order chi connectivity index (χ1) is 15.6. The number of carbonyl (C=O) groups is 2. The highest BCUT2D eigenvalue weighted by Gasteiger charge is 2.28. The summed E-state index contributed by atoms with van der Waals surface area (Å²) in [5, 5.41) is 0.821. The van der Waals surface area contributed by atoms with Gasteiger partial charge in [-0.3, -0.25) is 4.57 Å². The van der Waals surface area contributed by atoms with Crippen LogP contribution in [0.4, 0.5) is 4.79 Å². The van der Waals surface area contributed by atoms with Gasteiger partial charge in [0.05, 0.1) is 29.6 Å². The number of hydrogen-bond acceptors (Lipinski definition) is 5. The Labute approximate surface area is 192 Å². The molecule has 1 unspecified atom stereocenters. The maximum Gasteiger partial charge on any atom is 0.419 e. The van der Waals surface area contributed by atoms with Gasteiger partial charge < -0.3 is 19.3 Å². The number of nitrogens with zero attached hydrogens (tertiary/aromatic N) is 2. The molecule has 2 aromatic carbocycles. The van der Waals surface area contributed by atoms with Crippen molar-refractivity contribution in [2.75, 3.05) is 7.11 Å². The number of ether oxygens (including phenoxy) is 2. The molecule has 0 aliphatic carbocycles. The van der Waals surface area contributed by atoms with E-state index in [-0.39, 0.29) is 12.3 Å². The number of fused-ring (bicyclic) bond motifs is 2. The Balaban J connectivity index is 1.93. The summed E-state index contributed by atoms with van der Waals surface area (Å²) in [4.78, 5) is 32.8. The van der Waals surface area contributed by atoms with Crippen LogP contribution in [0, 0.1) is 13.8 Å². The first-order valence-corrected chi connectivity index (χ1v) is 10.9. The third-order valence-corrected chi connectivity index (χ3v) is 5.64. The maximum absolute atomic E-state index is 12.9. The minimum absolute atomic E-state index is 0.213. The lowest BCUT2D eigenvalue weighted by molar-refractivity contribution is -0.108. The fraction of sp³-hybridized carbons (Fsp3) is 0.346. The van der Waals surface area contributed by atoms with E-state index in [9.17, 15) is 9.59 Å². The highest BCUT2D eigenvalue weighted by Crippen LogP contribution is 2.41. The van der Waals surface area contributed by atoms with Crippen LogP contribution in [-0.2, 0) is 9.53 Å². The van der Waals surface area contributed by atoms with E-state index in [1.165, 1.54) is 4.57 Å². The lowest BCUT2D eigenvalue weighted by atomic mass is 9.90. The second-order valence-electron chi connectivity index (χ2n) is 9.34. The molecule has 0 amide bonds. The first-order valence-electron chi connectivity index (χ1n) is 10.9. The Morgan fingerprint density at radius 2 is 1.97 bits per heavy atom. The van der Waals surface area contributed by atoms with Crippen LogP contribution in [0.5, 0.6) is 5.75 Å². The summed E-state index contributed by atoms with van der Waals surface area (Å²) < 4.78 is 12.9. The van der Waals surface area contributed by atoms with E-state index in [0.717, 1.165) is 44.9 Å². The number of H-pyrrole nitrogens is 1. The molecule has 2 heterocycles. The van der Waals surface area contributed by atoms with Gasteiger partial charge in [0.2, 0.25) is 0 Å². The number of rotatable bonds is 5. The molecule has 1 N–H and O–H groups in total. The zero-order valence-electron chi connectivity index (χ0n) is 19.9. The van der Waals surface area contributed by atoms with Crippen molar-refractivity contribution in [1.82, 2.24) is 14.5 Å². The minimum Gasteiger partial charge on any atom is -0.496 e. The second-order valence-corrected chi connectivity index (χ2v) is 9.34. The molecule has 0 aliphatic rings. The number of hydrogen-bond donors (Lipinski definition) is 1. The molecule has 4 rings (SSSR count). The summed E-state index contributed by atoms with van der Waals surface area (Å²) in [7, 11) is 1.61. The van der Waals surface area contributed by atoms with Crippen LogP contribution in [0.25, 0.3) is 21.9 Å². The second kappa shape index (κ2) is 8.39. The van der Waals surface area contributed by atoms with Crippen LogP contribution in [-0.4, -0.2) is 39.6 Å². The van der Waals surface area contributed by atoms with Crippen LogP contribution in [0.15, 0.2) is 36.5 Å². The van der Waals surface area contributed by atoms with Crippen molar-refractivity contribution in [3.8, 4) is 5.75 Å². The van der Waals surface area contributed by atoms with Crippen LogP contribution in [0.1, 0.15) is 55.6 Å². The number of carbonyl (C=O) groups excluding carboxylic acids is 2. The lowest BCUT2D eigenvalue weighted by Gasteiger charge is -2.21. The van der Waals surface area contributed by atoms with Gasteiger partial charge in [0.15, 0.2) is 0 Å². The molecule has 33 heavy (non-hydrogen) atoms. The van der Waals surface area contributed by atoms with E-state index in [0.29, 0.717) is 11.6 Å². The summed E-state index contributed by atoms with van der Waals surface area (Å²) in [6, 6.07) is 9.76. The summed E-state index contributed by atoms with van der Waals surface area (Å²) in [6.45, 7) is 9.45. The summed E-state index contributed by atoms with van der Waals surface area (Å²) in [5.41, 5.74) is 4.64. The average molecular weight is 448 g/mol. The SMILES string of the molecule is COc1cc(C)c2c(ccn2C(=O)OC(C)(C)C)c1C(CC=O)c1nc2ccc(C)cc2[nH]1. The van der Waals surface area contributed by atoms with E-state index in [4.69, 9.17) is 14.5 Å². The van der Waals surface area contributed by atoms with Gasteiger partial charge in [0.25, 0.3) is 0 Å². The third-order valence-electron chi connectivity index (χ3n) is 5.64. The standard InChI is InChI=1S/C26H29N3O4/c1-15-7-8-19-20(13-15)28-24(27-19)18(10-12-30)22-17-9-11-29(25(31)33-26(3,4)5)23(17)16(2)14-21(22)32-6/h7-9,11-14,18H,10H2,1-6H3,(H,27,28). The lowest BCUT2D eigenvalue weighted by Crippen LogP contribution is -2.26. The molecule has 7 nitrogen and oxygen atoms in total. The Kier molecular flexibility index (Phi) is 5.74. The highest BCUT2D eigenvalue weighted by molar-refractivity contribution is 5.96. The highest BCUT2D eigenvalue weighted by atomic mass is 16.6. The molecule has 172 valence electrons. The van der Waals surface area contributed by atoms with Crippen molar-refractivity contribution in [3.63, 3.8) is 0 Å². The van der Waals surface area contributed by atoms with Crippen molar-refractivity contribution in [2.24, 2.45) is 0 Å². The number of benzene rings is 2. The first kappa shape index (κ1) is 22.6. The van der Waals surface area contributed by atoms with E-state index >= 15 is 0 Å². The molecule has 0 radical (unpaired) electrons.